The summed E-state index contributed by atoms with van der Waals surface area (Å²) in [6.07, 6.45) is 4.68. The van der Waals surface area contributed by atoms with Crippen LogP contribution in [0, 0.1) is 0 Å². The average molecular weight is 261 g/mol. The minimum Gasteiger partial charge on any atom is -0.301 e. The fraction of sp³-hybridized carbons (Fsp3) is 1.00. The van der Waals surface area contributed by atoms with Gasteiger partial charge in [-0.2, -0.15) is 0 Å². The van der Waals surface area contributed by atoms with Gasteiger partial charge in [-0.15, -0.1) is 0 Å². The summed E-state index contributed by atoms with van der Waals surface area (Å²) in [7, 11) is -1.88. The number of hydrogen-bond acceptors (Lipinski definition) is 4. The Balaban J connectivity index is 4.39. The summed E-state index contributed by atoms with van der Waals surface area (Å²) in [6, 6.07) is 0. The zero-order chi connectivity index (χ0) is 13.0. The molecule has 4 N–H and O–H groups in total. The third-order valence-electron chi connectivity index (χ3n) is 2.56. The van der Waals surface area contributed by atoms with Crippen LogP contribution in [0.5, 0.6) is 0 Å². The van der Waals surface area contributed by atoms with Crippen molar-refractivity contribution in [2.45, 2.75) is 53.4 Å². The van der Waals surface area contributed by atoms with E-state index < -0.39 is 8.72 Å². The Bertz CT molecular complexity index is 129. The summed E-state index contributed by atoms with van der Waals surface area (Å²) in [5, 5.41) is 0. The summed E-state index contributed by atoms with van der Waals surface area (Å²) < 4.78 is 0. The first kappa shape index (κ1) is 17.1. The highest BCUT2D eigenvalue weighted by Crippen LogP contribution is 1.89. The van der Waals surface area contributed by atoms with Gasteiger partial charge in [-0.05, 0) is 51.9 Å². The molecule has 4 nitrogen and oxygen atoms in total. The van der Waals surface area contributed by atoms with Crippen molar-refractivity contribution >= 4 is 8.72 Å². The molecule has 0 aromatic heterocycles. The van der Waals surface area contributed by atoms with Crippen LogP contribution in [0.2, 0.25) is 0 Å². The lowest BCUT2D eigenvalue weighted by atomic mass is 10.5. The van der Waals surface area contributed by atoms with E-state index in [1.54, 1.807) is 0 Å². The summed E-state index contributed by atoms with van der Waals surface area (Å²) in [5.74, 6) is 0. The highest BCUT2D eigenvalue weighted by Gasteiger charge is 2.32. The van der Waals surface area contributed by atoms with Crippen LogP contribution in [-0.4, -0.2) is 34.9 Å². The molecule has 0 radical (unpaired) electrons. The predicted octanol–water partition coefficient (Wildman–Crippen LogP) is 1.42. The number of hydrogen-bond donors (Lipinski definition) is 4. The van der Waals surface area contributed by atoms with Gasteiger partial charge < -0.3 is 19.9 Å². The lowest BCUT2D eigenvalue weighted by Gasteiger charge is -2.34. The summed E-state index contributed by atoms with van der Waals surface area (Å²) in [5.41, 5.74) is 0. The van der Waals surface area contributed by atoms with Gasteiger partial charge >= 0.3 is 8.72 Å². The molecule has 0 heterocycles. The van der Waals surface area contributed by atoms with Crippen molar-refractivity contribution in [3.63, 3.8) is 0 Å². The van der Waals surface area contributed by atoms with Crippen molar-refractivity contribution in [1.82, 2.24) is 19.9 Å². The molecule has 17 heavy (non-hydrogen) atoms. The maximum absolute atomic E-state index is 3.69. The Morgan fingerprint density at radius 3 is 0.941 bits per heavy atom. The van der Waals surface area contributed by atoms with Gasteiger partial charge in [0.25, 0.3) is 0 Å². The maximum Gasteiger partial charge on any atom is 0.365 e. The van der Waals surface area contributed by atoms with Crippen molar-refractivity contribution in [1.29, 1.82) is 0 Å². The molecule has 0 aliphatic carbocycles. The van der Waals surface area contributed by atoms with Gasteiger partial charge in [0.05, 0.1) is 0 Å². The summed E-state index contributed by atoms with van der Waals surface area (Å²) in [6.45, 7) is 13.1. The molecular weight excluding hydrogens is 228 g/mol. The van der Waals surface area contributed by atoms with Crippen LogP contribution in [-0.2, 0) is 0 Å². The topological polar surface area (TPSA) is 48.1 Å². The largest absolute Gasteiger partial charge is 0.365 e. The van der Waals surface area contributed by atoms with E-state index in [9.17, 15) is 0 Å². The molecule has 0 bridgehead atoms. The second-order valence-corrected chi connectivity index (χ2v) is 7.37. The van der Waals surface area contributed by atoms with Gasteiger partial charge in [-0.1, -0.05) is 27.7 Å². The molecule has 0 rings (SSSR count). The molecule has 0 aliphatic rings. The van der Waals surface area contributed by atoms with E-state index in [1.165, 1.54) is 25.7 Å². The molecule has 0 saturated carbocycles. The molecule has 0 unspecified atom stereocenters. The van der Waals surface area contributed by atoms with Crippen LogP contribution < -0.4 is 19.9 Å². The molecule has 0 atom stereocenters. The van der Waals surface area contributed by atoms with Gasteiger partial charge in [0, 0.05) is 0 Å². The van der Waals surface area contributed by atoms with E-state index >= 15 is 0 Å². The predicted molar refractivity (Wildman–Crippen MR) is 78.9 cm³/mol. The Morgan fingerprint density at radius 1 is 0.529 bits per heavy atom. The normalized spacial score (nSPS) is 12.0. The quantitative estimate of drug-likeness (QED) is 0.401. The molecule has 104 valence electrons. The molecule has 0 aromatic rings. The molecule has 0 spiro atoms. The van der Waals surface area contributed by atoms with Gasteiger partial charge in [0.1, 0.15) is 0 Å². The second-order valence-electron chi connectivity index (χ2n) is 4.46. The molecule has 0 saturated heterocycles. The highest BCUT2D eigenvalue weighted by molar-refractivity contribution is 6.70. The molecule has 5 heteroatoms. The SMILES string of the molecule is CCCN[Si](NCCC)(NCCC)NCCC. The van der Waals surface area contributed by atoms with Crippen LogP contribution >= 0.6 is 0 Å². The Morgan fingerprint density at radius 2 is 0.765 bits per heavy atom. The molecular formula is C12H32N4Si. The first-order chi connectivity index (χ1) is 8.24. The smallest absolute Gasteiger partial charge is 0.301 e. The first-order valence-electron chi connectivity index (χ1n) is 7.24. The van der Waals surface area contributed by atoms with Crippen molar-refractivity contribution < 1.29 is 0 Å². The van der Waals surface area contributed by atoms with Gasteiger partial charge in [0.15, 0.2) is 0 Å². The molecule has 0 aliphatic heterocycles. The van der Waals surface area contributed by atoms with E-state index in [0.29, 0.717) is 0 Å². The third-order valence-corrected chi connectivity index (χ3v) is 5.68. The fourth-order valence-electron chi connectivity index (χ4n) is 1.62. The summed E-state index contributed by atoms with van der Waals surface area (Å²) in [4.78, 5) is 14.8. The lowest BCUT2D eigenvalue weighted by molar-refractivity contribution is 0.648. The second kappa shape index (κ2) is 11.2. The van der Waals surface area contributed by atoms with Gasteiger partial charge in [-0.3, -0.25) is 0 Å². The number of rotatable bonds is 12. The minimum atomic E-state index is -1.88. The van der Waals surface area contributed by atoms with E-state index in [-0.39, 0.29) is 0 Å². The monoisotopic (exact) mass is 260 g/mol. The van der Waals surface area contributed by atoms with E-state index in [2.05, 4.69) is 47.6 Å². The van der Waals surface area contributed by atoms with Crippen molar-refractivity contribution in [3.8, 4) is 0 Å². The highest BCUT2D eigenvalue weighted by atomic mass is 28.4. The Hall–Kier alpha value is 0.0569. The minimum absolute atomic E-state index is 1.07. The van der Waals surface area contributed by atoms with Crippen molar-refractivity contribution in [2.24, 2.45) is 0 Å². The fourth-order valence-corrected chi connectivity index (χ4v) is 4.87. The zero-order valence-electron chi connectivity index (χ0n) is 12.2. The van der Waals surface area contributed by atoms with E-state index in [4.69, 9.17) is 0 Å². The van der Waals surface area contributed by atoms with Crippen LogP contribution in [0.15, 0.2) is 0 Å². The first-order valence-corrected chi connectivity index (χ1v) is 9.24. The Labute approximate surface area is 109 Å². The van der Waals surface area contributed by atoms with Crippen LogP contribution in [0.1, 0.15) is 53.4 Å². The van der Waals surface area contributed by atoms with Gasteiger partial charge in [0.2, 0.25) is 0 Å². The van der Waals surface area contributed by atoms with Crippen molar-refractivity contribution in [3.05, 3.63) is 0 Å². The maximum atomic E-state index is 3.69. The third kappa shape index (κ3) is 7.89. The van der Waals surface area contributed by atoms with E-state index in [1.807, 2.05) is 0 Å². The summed E-state index contributed by atoms with van der Waals surface area (Å²) >= 11 is 0. The Kier molecular flexibility index (Phi) is 11.2. The van der Waals surface area contributed by atoms with Crippen LogP contribution in [0.3, 0.4) is 0 Å². The van der Waals surface area contributed by atoms with E-state index in [0.717, 1.165) is 26.2 Å². The number of nitrogens with one attached hydrogen (secondary N) is 4. The zero-order valence-corrected chi connectivity index (χ0v) is 13.2. The lowest BCUT2D eigenvalue weighted by Crippen LogP contribution is -2.81. The van der Waals surface area contributed by atoms with Crippen molar-refractivity contribution in [2.75, 3.05) is 26.2 Å². The molecule has 0 aromatic carbocycles. The molecule has 0 fully saturated rings. The molecule has 0 amide bonds. The average Bonchev–Trinajstić information content (AvgIpc) is 2.37. The van der Waals surface area contributed by atoms with Gasteiger partial charge in [-0.25, -0.2) is 0 Å². The van der Waals surface area contributed by atoms with Crippen LogP contribution in [0.25, 0.3) is 0 Å². The standard InChI is InChI=1S/C12H32N4Si/c1-5-9-13-17(14-10-6-2,15-11-7-3)16-12-8-4/h13-16H,5-12H2,1-4H3. The van der Waals surface area contributed by atoms with Crippen LogP contribution in [0.4, 0.5) is 0 Å².